The molecule has 1 aromatic heterocycles. The molecule has 0 radical (unpaired) electrons. The quantitative estimate of drug-likeness (QED) is 0.726. The van der Waals surface area contributed by atoms with E-state index in [1.807, 2.05) is 13.0 Å². The van der Waals surface area contributed by atoms with Crippen LogP contribution in [0.1, 0.15) is 51.7 Å². The van der Waals surface area contributed by atoms with Crippen LogP contribution >= 0.6 is 11.6 Å². The molecule has 1 atom stereocenters. The molecule has 0 aliphatic carbocycles. The van der Waals surface area contributed by atoms with Gasteiger partial charge in [-0.25, -0.2) is 9.97 Å². The third-order valence-corrected chi connectivity index (χ3v) is 2.67. The number of halogens is 1. The summed E-state index contributed by atoms with van der Waals surface area (Å²) >= 11 is 6.03. The van der Waals surface area contributed by atoms with Gasteiger partial charge in [0.25, 0.3) is 0 Å². The van der Waals surface area contributed by atoms with Gasteiger partial charge in [0.15, 0.2) is 5.82 Å². The zero-order chi connectivity index (χ0) is 12.8. The van der Waals surface area contributed by atoms with Crippen molar-refractivity contribution in [3.05, 3.63) is 22.7 Å². The van der Waals surface area contributed by atoms with Crippen molar-refractivity contribution >= 4 is 11.6 Å². The Morgan fingerprint density at radius 2 is 2.00 bits per heavy atom. The lowest BCUT2D eigenvalue weighted by atomic mass is 10.1. The van der Waals surface area contributed by atoms with Gasteiger partial charge in [0, 0.05) is 12.3 Å². The van der Waals surface area contributed by atoms with Crippen LogP contribution in [0, 0.1) is 5.92 Å². The second-order valence-corrected chi connectivity index (χ2v) is 4.80. The minimum absolute atomic E-state index is 0.0747. The fourth-order valence-corrected chi connectivity index (χ4v) is 1.95. The van der Waals surface area contributed by atoms with Gasteiger partial charge in [0.05, 0.1) is 0 Å². The van der Waals surface area contributed by atoms with Crippen LogP contribution in [0.25, 0.3) is 0 Å². The second kappa shape index (κ2) is 6.92. The molecule has 4 heteroatoms. The molecule has 0 fully saturated rings. The Labute approximate surface area is 109 Å². The van der Waals surface area contributed by atoms with Crippen LogP contribution in [0.5, 0.6) is 0 Å². The number of hydrogen-bond acceptors (Lipinski definition) is 3. The number of rotatable bonds is 6. The first-order chi connectivity index (χ1) is 8.08. The Morgan fingerprint density at radius 1 is 1.29 bits per heavy atom. The fraction of sp³-hybridized carbons (Fsp3) is 0.692. The van der Waals surface area contributed by atoms with Gasteiger partial charge < -0.3 is 4.74 Å². The molecule has 0 saturated heterocycles. The first kappa shape index (κ1) is 14.4. The van der Waals surface area contributed by atoms with Crippen molar-refractivity contribution in [1.82, 2.24) is 9.97 Å². The molecule has 0 amide bonds. The predicted molar refractivity (Wildman–Crippen MR) is 70.2 cm³/mol. The third kappa shape index (κ3) is 4.25. The highest BCUT2D eigenvalue weighted by atomic mass is 35.5. The van der Waals surface area contributed by atoms with Gasteiger partial charge in [-0.3, -0.25) is 0 Å². The van der Waals surface area contributed by atoms with E-state index in [1.54, 1.807) is 0 Å². The van der Waals surface area contributed by atoms with E-state index in [2.05, 4.69) is 30.7 Å². The summed E-state index contributed by atoms with van der Waals surface area (Å²) < 4.78 is 5.69. The normalized spacial score (nSPS) is 13.1. The second-order valence-electron chi connectivity index (χ2n) is 4.41. The number of aromatic nitrogens is 2. The lowest BCUT2D eigenvalue weighted by Crippen LogP contribution is -2.15. The van der Waals surface area contributed by atoms with Gasteiger partial charge in [-0.1, -0.05) is 38.8 Å². The number of hydrogen-bond donors (Lipinski definition) is 0. The number of aryl methyl sites for hydroxylation is 1. The standard InChI is InChI=1S/C13H21ClN2O/c1-5-7-10-8-11(14)16-13(15-10)12(9(3)4)17-6-2/h8-9,12H,5-7H2,1-4H3. The fourth-order valence-electron chi connectivity index (χ4n) is 1.74. The first-order valence-corrected chi connectivity index (χ1v) is 6.61. The molecular formula is C13H21ClN2O. The predicted octanol–water partition coefficient (Wildman–Crippen LogP) is 3.82. The molecule has 17 heavy (non-hydrogen) atoms. The van der Waals surface area contributed by atoms with Gasteiger partial charge in [0.1, 0.15) is 11.3 Å². The van der Waals surface area contributed by atoms with Crippen LogP contribution in [0.2, 0.25) is 5.15 Å². The monoisotopic (exact) mass is 256 g/mol. The van der Waals surface area contributed by atoms with Crippen molar-refractivity contribution in [3.63, 3.8) is 0 Å². The van der Waals surface area contributed by atoms with E-state index in [0.29, 0.717) is 23.5 Å². The minimum atomic E-state index is -0.0747. The molecule has 1 aromatic rings. The van der Waals surface area contributed by atoms with Crippen LogP contribution in [-0.4, -0.2) is 16.6 Å². The zero-order valence-electron chi connectivity index (χ0n) is 11.0. The molecule has 3 nitrogen and oxygen atoms in total. The summed E-state index contributed by atoms with van der Waals surface area (Å²) in [7, 11) is 0. The summed E-state index contributed by atoms with van der Waals surface area (Å²) in [5.74, 6) is 1.04. The van der Waals surface area contributed by atoms with E-state index in [1.165, 1.54) is 0 Å². The highest BCUT2D eigenvalue weighted by Crippen LogP contribution is 2.24. The van der Waals surface area contributed by atoms with E-state index < -0.39 is 0 Å². The maximum absolute atomic E-state index is 6.03. The molecule has 1 rings (SSSR count). The Bertz CT molecular complexity index is 355. The number of ether oxygens (including phenoxy) is 1. The number of nitrogens with zero attached hydrogens (tertiary/aromatic N) is 2. The maximum Gasteiger partial charge on any atom is 0.159 e. The molecule has 1 heterocycles. The molecule has 0 aromatic carbocycles. The topological polar surface area (TPSA) is 35.0 Å². The molecule has 0 aliphatic heterocycles. The van der Waals surface area contributed by atoms with Crippen molar-refractivity contribution in [2.45, 2.75) is 46.6 Å². The van der Waals surface area contributed by atoms with E-state index >= 15 is 0 Å². The summed E-state index contributed by atoms with van der Waals surface area (Å²) in [4.78, 5) is 8.83. The molecular weight excluding hydrogens is 236 g/mol. The molecule has 0 aliphatic rings. The molecule has 96 valence electrons. The van der Waals surface area contributed by atoms with Crippen LogP contribution in [0.4, 0.5) is 0 Å². The van der Waals surface area contributed by atoms with E-state index in [9.17, 15) is 0 Å². The third-order valence-electron chi connectivity index (χ3n) is 2.48. The van der Waals surface area contributed by atoms with Crippen molar-refractivity contribution in [1.29, 1.82) is 0 Å². The average Bonchev–Trinajstić information content (AvgIpc) is 2.25. The molecule has 0 spiro atoms. The first-order valence-electron chi connectivity index (χ1n) is 6.23. The summed E-state index contributed by atoms with van der Waals surface area (Å²) in [6.07, 6.45) is 1.90. The molecule has 0 saturated carbocycles. The van der Waals surface area contributed by atoms with E-state index in [4.69, 9.17) is 16.3 Å². The van der Waals surface area contributed by atoms with Crippen LogP contribution in [0.3, 0.4) is 0 Å². The summed E-state index contributed by atoms with van der Waals surface area (Å²) in [6, 6.07) is 1.83. The lowest BCUT2D eigenvalue weighted by Gasteiger charge is -2.20. The van der Waals surface area contributed by atoms with Gasteiger partial charge >= 0.3 is 0 Å². The van der Waals surface area contributed by atoms with E-state index in [0.717, 1.165) is 18.5 Å². The highest BCUT2D eigenvalue weighted by molar-refractivity contribution is 6.29. The molecule has 0 N–H and O–H groups in total. The molecule has 1 unspecified atom stereocenters. The van der Waals surface area contributed by atoms with Crippen LogP contribution in [-0.2, 0) is 11.2 Å². The summed E-state index contributed by atoms with van der Waals surface area (Å²) in [6.45, 7) is 8.96. The maximum atomic E-state index is 6.03. The summed E-state index contributed by atoms with van der Waals surface area (Å²) in [5.41, 5.74) is 0.993. The van der Waals surface area contributed by atoms with Gasteiger partial charge in [0.2, 0.25) is 0 Å². The Balaban J connectivity index is 3.00. The Hall–Kier alpha value is -0.670. The molecule has 0 bridgehead atoms. The zero-order valence-corrected chi connectivity index (χ0v) is 11.8. The van der Waals surface area contributed by atoms with Gasteiger partial charge in [-0.2, -0.15) is 0 Å². The van der Waals surface area contributed by atoms with Crippen molar-refractivity contribution in [2.24, 2.45) is 5.92 Å². The Morgan fingerprint density at radius 3 is 2.53 bits per heavy atom. The largest absolute Gasteiger partial charge is 0.370 e. The van der Waals surface area contributed by atoms with Crippen LogP contribution in [0.15, 0.2) is 6.07 Å². The average molecular weight is 257 g/mol. The lowest BCUT2D eigenvalue weighted by molar-refractivity contribution is 0.0230. The van der Waals surface area contributed by atoms with E-state index in [-0.39, 0.29) is 6.10 Å². The van der Waals surface area contributed by atoms with Gasteiger partial charge in [-0.15, -0.1) is 0 Å². The van der Waals surface area contributed by atoms with Crippen molar-refractivity contribution in [3.8, 4) is 0 Å². The SMILES string of the molecule is CCCc1cc(Cl)nc(C(OCC)C(C)C)n1. The van der Waals surface area contributed by atoms with Crippen LogP contribution < -0.4 is 0 Å². The Kier molecular flexibility index (Phi) is 5.86. The smallest absolute Gasteiger partial charge is 0.159 e. The van der Waals surface area contributed by atoms with Gasteiger partial charge in [-0.05, 0) is 25.3 Å². The van der Waals surface area contributed by atoms with Crippen molar-refractivity contribution < 1.29 is 4.74 Å². The highest BCUT2D eigenvalue weighted by Gasteiger charge is 2.20. The van der Waals surface area contributed by atoms with Crippen molar-refractivity contribution in [2.75, 3.05) is 6.61 Å². The summed E-state index contributed by atoms with van der Waals surface area (Å²) in [5, 5.41) is 0.504. The minimum Gasteiger partial charge on any atom is -0.370 e.